The molecule has 22 heavy (non-hydrogen) atoms. The summed E-state index contributed by atoms with van der Waals surface area (Å²) in [5, 5.41) is 13.3. The number of fused-ring (bicyclic) bond motifs is 1. The summed E-state index contributed by atoms with van der Waals surface area (Å²) >= 11 is 0. The molecular weight excluding hydrogens is 281 g/mol. The summed E-state index contributed by atoms with van der Waals surface area (Å²) in [5.74, 6) is 1.01. The Bertz CT molecular complexity index is 648. The van der Waals surface area contributed by atoms with Crippen LogP contribution in [0.4, 0.5) is 10.3 Å². The fourth-order valence-corrected chi connectivity index (χ4v) is 3.02. The van der Waals surface area contributed by atoms with E-state index in [0.29, 0.717) is 31.3 Å². The molecule has 3 heterocycles. The van der Waals surface area contributed by atoms with Crippen molar-refractivity contribution >= 4 is 5.95 Å². The number of halogens is 1. The Hall–Kier alpha value is -2.16. The lowest BCUT2D eigenvalue weighted by molar-refractivity contribution is 0.326. The maximum absolute atomic E-state index is 14.3. The van der Waals surface area contributed by atoms with Crippen LogP contribution in [0.5, 0.6) is 0 Å². The van der Waals surface area contributed by atoms with E-state index in [2.05, 4.69) is 23.1 Å². The molecule has 0 aromatic carbocycles. The fourth-order valence-electron chi connectivity index (χ4n) is 3.02. The SMILES string of the molecule is C/C=C\C=C(/CC)C1CC(F)c2nc(N3CC(C#N)C3)nn21. The second-order valence-corrected chi connectivity index (χ2v) is 5.79. The smallest absolute Gasteiger partial charge is 0.245 e. The van der Waals surface area contributed by atoms with Gasteiger partial charge in [0.05, 0.1) is 18.0 Å². The van der Waals surface area contributed by atoms with Crippen molar-refractivity contribution in [3.8, 4) is 6.07 Å². The minimum atomic E-state index is -1.07. The predicted octanol–water partition coefficient (Wildman–Crippen LogP) is 3.11. The number of nitrogens with zero attached hydrogens (tertiary/aromatic N) is 5. The highest BCUT2D eigenvalue weighted by atomic mass is 19.1. The van der Waals surface area contributed by atoms with E-state index in [9.17, 15) is 4.39 Å². The van der Waals surface area contributed by atoms with Gasteiger partial charge in [-0.1, -0.05) is 25.2 Å². The van der Waals surface area contributed by atoms with Crippen LogP contribution in [0, 0.1) is 17.2 Å². The quantitative estimate of drug-likeness (QED) is 0.802. The van der Waals surface area contributed by atoms with Gasteiger partial charge in [0.15, 0.2) is 12.0 Å². The van der Waals surface area contributed by atoms with Crippen LogP contribution in [-0.4, -0.2) is 27.9 Å². The summed E-state index contributed by atoms with van der Waals surface area (Å²) in [4.78, 5) is 6.29. The molecule has 0 aliphatic carbocycles. The average Bonchev–Trinajstić information content (AvgIpc) is 3.01. The zero-order chi connectivity index (χ0) is 15.7. The van der Waals surface area contributed by atoms with Crippen LogP contribution in [0.3, 0.4) is 0 Å². The van der Waals surface area contributed by atoms with Crippen LogP contribution in [0.15, 0.2) is 23.8 Å². The Morgan fingerprint density at radius 3 is 2.91 bits per heavy atom. The minimum Gasteiger partial charge on any atom is -0.337 e. The summed E-state index contributed by atoms with van der Waals surface area (Å²) in [6.45, 7) is 5.31. The molecule has 2 aliphatic heterocycles. The zero-order valence-corrected chi connectivity index (χ0v) is 12.9. The molecule has 2 atom stereocenters. The predicted molar refractivity (Wildman–Crippen MR) is 82.0 cm³/mol. The third kappa shape index (κ3) is 2.41. The summed E-state index contributed by atoms with van der Waals surface area (Å²) < 4.78 is 16.0. The molecule has 0 bridgehead atoms. The van der Waals surface area contributed by atoms with Gasteiger partial charge in [0, 0.05) is 19.5 Å². The van der Waals surface area contributed by atoms with E-state index < -0.39 is 6.17 Å². The van der Waals surface area contributed by atoms with E-state index in [1.54, 1.807) is 4.68 Å². The molecule has 1 aromatic rings. The van der Waals surface area contributed by atoms with E-state index in [0.717, 1.165) is 12.0 Å². The van der Waals surface area contributed by atoms with Crippen molar-refractivity contribution in [3.05, 3.63) is 29.6 Å². The zero-order valence-electron chi connectivity index (χ0n) is 12.9. The third-order valence-corrected chi connectivity index (χ3v) is 4.34. The van der Waals surface area contributed by atoms with E-state index in [-0.39, 0.29) is 12.0 Å². The van der Waals surface area contributed by atoms with Crippen molar-refractivity contribution < 1.29 is 4.39 Å². The maximum atomic E-state index is 14.3. The van der Waals surface area contributed by atoms with E-state index in [1.807, 2.05) is 30.1 Å². The first-order valence-corrected chi connectivity index (χ1v) is 7.74. The lowest BCUT2D eigenvalue weighted by atomic mass is 10.0. The molecule has 3 rings (SSSR count). The van der Waals surface area contributed by atoms with Gasteiger partial charge in [0.1, 0.15) is 0 Å². The van der Waals surface area contributed by atoms with Gasteiger partial charge in [-0.2, -0.15) is 10.2 Å². The number of allylic oxidation sites excluding steroid dienone is 4. The monoisotopic (exact) mass is 301 g/mol. The molecule has 5 nitrogen and oxygen atoms in total. The summed E-state index contributed by atoms with van der Waals surface area (Å²) in [6, 6.07) is 2.17. The highest BCUT2D eigenvalue weighted by Gasteiger charge is 2.38. The standard InChI is InChI=1S/C16H20FN5/c1-3-5-6-12(4-2)14-7-13(17)15-19-16(20-22(14)15)21-9-11(8-18)10-21/h3,5-6,11,13-14H,4,7,9-10H2,1-2H3/b5-3-,12-6+. The first-order chi connectivity index (χ1) is 10.7. The van der Waals surface area contributed by atoms with Crippen molar-refractivity contribution in [2.24, 2.45) is 5.92 Å². The van der Waals surface area contributed by atoms with Crippen molar-refractivity contribution in [1.82, 2.24) is 14.8 Å². The molecule has 0 saturated carbocycles. The van der Waals surface area contributed by atoms with Gasteiger partial charge >= 0.3 is 0 Å². The summed E-state index contributed by atoms with van der Waals surface area (Å²) in [5.41, 5.74) is 1.16. The topological polar surface area (TPSA) is 57.7 Å². The molecule has 1 aromatic heterocycles. The van der Waals surface area contributed by atoms with Crippen molar-refractivity contribution in [2.45, 2.75) is 38.9 Å². The molecule has 2 unspecified atom stereocenters. The molecule has 6 heteroatoms. The van der Waals surface area contributed by atoms with Crippen LogP contribution in [0.1, 0.15) is 44.7 Å². The normalized spacial score (nSPS) is 25.4. The maximum Gasteiger partial charge on any atom is 0.245 e. The largest absolute Gasteiger partial charge is 0.337 e. The first kappa shape index (κ1) is 14.8. The van der Waals surface area contributed by atoms with Gasteiger partial charge in [0.25, 0.3) is 0 Å². The highest BCUT2D eigenvalue weighted by Crippen LogP contribution is 2.41. The molecule has 1 fully saturated rings. The fraction of sp³-hybridized carbons (Fsp3) is 0.562. The summed E-state index contributed by atoms with van der Waals surface area (Å²) in [6.07, 6.45) is 6.19. The Morgan fingerprint density at radius 1 is 1.50 bits per heavy atom. The lowest BCUT2D eigenvalue weighted by Gasteiger charge is -2.34. The van der Waals surface area contributed by atoms with Crippen LogP contribution < -0.4 is 4.90 Å². The van der Waals surface area contributed by atoms with Gasteiger partial charge in [0.2, 0.25) is 5.95 Å². The highest BCUT2D eigenvalue weighted by molar-refractivity contribution is 5.37. The van der Waals surface area contributed by atoms with Gasteiger partial charge < -0.3 is 4.90 Å². The molecule has 0 N–H and O–H groups in total. The van der Waals surface area contributed by atoms with E-state index in [1.165, 1.54) is 0 Å². The second kappa shape index (κ2) is 5.91. The summed E-state index contributed by atoms with van der Waals surface area (Å²) in [7, 11) is 0. The van der Waals surface area contributed by atoms with E-state index >= 15 is 0 Å². The van der Waals surface area contributed by atoms with Gasteiger partial charge in [-0.25, -0.2) is 9.07 Å². The Kier molecular flexibility index (Phi) is 3.97. The molecule has 116 valence electrons. The van der Waals surface area contributed by atoms with Gasteiger partial charge in [-0.15, -0.1) is 5.10 Å². The Labute approximate surface area is 129 Å². The molecule has 0 spiro atoms. The molecule has 1 saturated heterocycles. The van der Waals surface area contributed by atoms with Crippen LogP contribution in [0.2, 0.25) is 0 Å². The number of alkyl halides is 1. The van der Waals surface area contributed by atoms with Crippen LogP contribution >= 0.6 is 0 Å². The minimum absolute atomic E-state index is 0.0381. The number of nitriles is 1. The molecule has 0 amide bonds. The number of aromatic nitrogens is 3. The van der Waals surface area contributed by atoms with E-state index in [4.69, 9.17) is 5.26 Å². The van der Waals surface area contributed by atoms with Crippen molar-refractivity contribution in [2.75, 3.05) is 18.0 Å². The Morgan fingerprint density at radius 2 is 2.27 bits per heavy atom. The second-order valence-electron chi connectivity index (χ2n) is 5.79. The number of anilines is 1. The number of rotatable bonds is 4. The lowest BCUT2D eigenvalue weighted by Crippen LogP contribution is -2.46. The number of hydrogen-bond acceptors (Lipinski definition) is 4. The van der Waals surface area contributed by atoms with Crippen LogP contribution in [0.25, 0.3) is 0 Å². The average molecular weight is 301 g/mol. The number of hydrogen-bond donors (Lipinski definition) is 0. The molecular formula is C16H20FN5. The van der Waals surface area contributed by atoms with Gasteiger partial charge in [-0.05, 0) is 18.9 Å². The third-order valence-electron chi connectivity index (χ3n) is 4.34. The van der Waals surface area contributed by atoms with Crippen LogP contribution in [-0.2, 0) is 0 Å². The molecule has 2 aliphatic rings. The first-order valence-electron chi connectivity index (χ1n) is 7.74. The van der Waals surface area contributed by atoms with Crippen molar-refractivity contribution in [1.29, 1.82) is 5.26 Å². The molecule has 0 radical (unpaired) electrons. The Balaban J connectivity index is 1.85. The van der Waals surface area contributed by atoms with Crippen molar-refractivity contribution in [3.63, 3.8) is 0 Å². The van der Waals surface area contributed by atoms with Gasteiger partial charge in [-0.3, -0.25) is 0 Å².